The summed E-state index contributed by atoms with van der Waals surface area (Å²) in [6.07, 6.45) is 25.5. The van der Waals surface area contributed by atoms with Crippen LogP contribution in [-0.4, -0.2) is 19.8 Å². The van der Waals surface area contributed by atoms with E-state index in [1.165, 1.54) is 89.9 Å². The van der Waals surface area contributed by atoms with Crippen molar-refractivity contribution in [1.82, 2.24) is 0 Å². The monoisotopic (exact) mass is 496 g/mol. The lowest BCUT2D eigenvalue weighted by Gasteiger charge is -2.11. The van der Waals surface area contributed by atoms with Crippen molar-refractivity contribution in [3.63, 3.8) is 0 Å². The maximum Gasteiger partial charge on any atom is 0.518 e. The topological polar surface area (TPSA) is 69.6 Å². The summed E-state index contributed by atoms with van der Waals surface area (Å²) >= 11 is 0. The van der Waals surface area contributed by atoms with Crippen LogP contribution >= 0.6 is 0 Å². The SMILES string of the molecule is C=CCCCCCCCCCCCCCCCCCCCCC/C([O-])=N/S(=O)(=O)C(F)(F)F. The molecule has 8 heteroatoms. The van der Waals surface area contributed by atoms with Gasteiger partial charge in [-0.25, -0.2) is 0 Å². The van der Waals surface area contributed by atoms with E-state index in [4.69, 9.17) is 0 Å². The van der Waals surface area contributed by atoms with Crippen LogP contribution in [0.4, 0.5) is 13.2 Å². The van der Waals surface area contributed by atoms with Crippen molar-refractivity contribution in [2.75, 3.05) is 0 Å². The molecule has 0 aliphatic rings. The first kappa shape index (κ1) is 31.9. The summed E-state index contributed by atoms with van der Waals surface area (Å²) in [5, 5.41) is 11.3. The number of rotatable bonds is 23. The molecule has 0 aliphatic carbocycles. The van der Waals surface area contributed by atoms with Gasteiger partial charge in [-0.1, -0.05) is 115 Å². The molecular formula is C25H45F3NO3S-. The Morgan fingerprint density at radius 3 is 1.27 bits per heavy atom. The van der Waals surface area contributed by atoms with Crippen LogP contribution in [0.15, 0.2) is 17.1 Å². The van der Waals surface area contributed by atoms with Gasteiger partial charge in [0, 0.05) is 0 Å². The van der Waals surface area contributed by atoms with Crippen LogP contribution in [-0.2, 0) is 10.0 Å². The molecule has 33 heavy (non-hydrogen) atoms. The summed E-state index contributed by atoms with van der Waals surface area (Å²) in [7, 11) is -5.70. The van der Waals surface area contributed by atoms with Crippen LogP contribution in [0, 0.1) is 0 Å². The summed E-state index contributed by atoms with van der Waals surface area (Å²) in [6.45, 7) is 3.75. The van der Waals surface area contributed by atoms with Crippen LogP contribution in [0.2, 0.25) is 0 Å². The van der Waals surface area contributed by atoms with Crippen molar-refractivity contribution >= 4 is 15.9 Å². The highest BCUT2D eigenvalue weighted by Gasteiger charge is 2.45. The summed E-state index contributed by atoms with van der Waals surface area (Å²) in [5.74, 6) is -1.22. The van der Waals surface area contributed by atoms with Gasteiger partial charge in [0.1, 0.15) is 0 Å². The van der Waals surface area contributed by atoms with Crippen LogP contribution < -0.4 is 5.11 Å². The molecule has 0 saturated carbocycles. The maximum atomic E-state index is 12.1. The number of halogens is 3. The second kappa shape index (κ2) is 20.3. The maximum absolute atomic E-state index is 12.1. The highest BCUT2D eigenvalue weighted by molar-refractivity contribution is 7.91. The first-order valence-electron chi connectivity index (χ1n) is 12.9. The third kappa shape index (κ3) is 20.1. The van der Waals surface area contributed by atoms with Crippen LogP contribution in [0.1, 0.15) is 135 Å². The van der Waals surface area contributed by atoms with E-state index >= 15 is 0 Å². The molecule has 0 saturated heterocycles. The smallest absolute Gasteiger partial charge is 0.518 e. The molecule has 196 valence electrons. The van der Waals surface area contributed by atoms with E-state index in [0.717, 1.165) is 25.7 Å². The fourth-order valence-corrected chi connectivity index (χ4v) is 4.26. The summed E-state index contributed by atoms with van der Waals surface area (Å²) in [4.78, 5) is 0. The molecule has 0 amide bonds. The van der Waals surface area contributed by atoms with Gasteiger partial charge < -0.3 is 5.11 Å². The summed E-state index contributed by atoms with van der Waals surface area (Å²) in [5.41, 5.74) is -5.51. The Labute approximate surface area is 200 Å². The second-order valence-corrected chi connectivity index (χ2v) is 10.5. The van der Waals surface area contributed by atoms with Gasteiger partial charge in [-0.3, -0.25) is 0 Å². The number of sulfonamides is 1. The molecule has 0 aliphatic heterocycles. The fourth-order valence-electron chi connectivity index (χ4n) is 3.80. The molecule has 0 aromatic rings. The lowest BCUT2D eigenvalue weighted by atomic mass is 10.0. The Morgan fingerprint density at radius 1 is 0.667 bits per heavy atom. The van der Waals surface area contributed by atoms with Crippen molar-refractivity contribution in [3.8, 4) is 0 Å². The number of hydrogen-bond donors (Lipinski definition) is 0. The third-order valence-corrected chi connectivity index (χ3v) is 6.84. The summed E-state index contributed by atoms with van der Waals surface area (Å²) in [6, 6.07) is 0. The third-order valence-electron chi connectivity index (χ3n) is 5.81. The molecule has 0 fully saturated rings. The lowest BCUT2D eigenvalue weighted by Crippen LogP contribution is -2.26. The quantitative estimate of drug-likeness (QED) is 0.0623. The Kier molecular flexibility index (Phi) is 19.7. The van der Waals surface area contributed by atoms with Crippen LogP contribution in [0.25, 0.3) is 0 Å². The Balaban J connectivity index is 3.34. The fraction of sp³-hybridized carbons (Fsp3) is 0.880. The average Bonchev–Trinajstić information content (AvgIpc) is 2.73. The number of nitrogens with zero attached hydrogens (tertiary/aromatic N) is 1. The van der Waals surface area contributed by atoms with Crippen molar-refractivity contribution in [2.45, 2.75) is 140 Å². The van der Waals surface area contributed by atoms with Gasteiger partial charge >= 0.3 is 15.5 Å². The highest BCUT2D eigenvalue weighted by Crippen LogP contribution is 2.24. The van der Waals surface area contributed by atoms with Crippen LogP contribution in [0.3, 0.4) is 0 Å². The molecule has 0 aromatic carbocycles. The molecule has 0 radical (unpaired) electrons. The molecule has 0 heterocycles. The van der Waals surface area contributed by atoms with Gasteiger partial charge in [0.15, 0.2) is 0 Å². The van der Waals surface area contributed by atoms with E-state index in [2.05, 4.69) is 11.0 Å². The molecule has 0 bridgehead atoms. The first-order valence-corrected chi connectivity index (χ1v) is 14.3. The van der Waals surface area contributed by atoms with Gasteiger partial charge in [0.05, 0.1) is 0 Å². The predicted molar refractivity (Wildman–Crippen MR) is 130 cm³/mol. The molecular weight excluding hydrogens is 451 g/mol. The van der Waals surface area contributed by atoms with Gasteiger partial charge in [-0.05, 0) is 31.6 Å². The van der Waals surface area contributed by atoms with E-state index in [1.54, 1.807) is 0 Å². The second-order valence-electron chi connectivity index (χ2n) is 8.95. The van der Waals surface area contributed by atoms with E-state index in [0.29, 0.717) is 12.8 Å². The normalized spacial score (nSPS) is 12.9. The molecule has 0 atom stereocenters. The average molecular weight is 497 g/mol. The largest absolute Gasteiger partial charge is 0.861 e. The Bertz CT molecular complexity index is 605. The van der Waals surface area contributed by atoms with Crippen molar-refractivity contribution in [2.24, 2.45) is 4.40 Å². The van der Waals surface area contributed by atoms with E-state index in [-0.39, 0.29) is 6.42 Å². The van der Waals surface area contributed by atoms with E-state index in [9.17, 15) is 26.7 Å². The van der Waals surface area contributed by atoms with E-state index < -0.39 is 21.4 Å². The number of unbranched alkanes of at least 4 members (excludes halogenated alkanes) is 19. The molecule has 0 rings (SSSR count). The Hall–Kier alpha value is -1.05. The predicted octanol–water partition coefficient (Wildman–Crippen LogP) is 7.97. The minimum absolute atomic E-state index is 0.259. The number of hydrogen-bond acceptors (Lipinski definition) is 3. The molecule has 0 unspecified atom stereocenters. The minimum Gasteiger partial charge on any atom is -0.861 e. The molecule has 0 N–H and O–H groups in total. The lowest BCUT2D eigenvalue weighted by molar-refractivity contribution is -0.218. The van der Waals surface area contributed by atoms with Crippen molar-refractivity contribution in [1.29, 1.82) is 0 Å². The highest BCUT2D eigenvalue weighted by atomic mass is 32.2. The minimum atomic E-state index is -5.70. The van der Waals surface area contributed by atoms with Crippen molar-refractivity contribution < 1.29 is 26.7 Å². The van der Waals surface area contributed by atoms with Crippen molar-refractivity contribution in [3.05, 3.63) is 12.7 Å². The Morgan fingerprint density at radius 2 is 0.970 bits per heavy atom. The number of alkyl halides is 3. The zero-order valence-corrected chi connectivity index (χ0v) is 21.2. The molecule has 0 aromatic heterocycles. The molecule has 4 nitrogen and oxygen atoms in total. The summed E-state index contributed by atoms with van der Waals surface area (Å²) < 4.78 is 60.3. The zero-order chi connectivity index (χ0) is 24.8. The van der Waals surface area contributed by atoms with Gasteiger partial charge in [0.25, 0.3) is 0 Å². The molecule has 0 spiro atoms. The van der Waals surface area contributed by atoms with Gasteiger partial charge in [-0.15, -0.1) is 6.58 Å². The van der Waals surface area contributed by atoms with Gasteiger partial charge in [0.2, 0.25) is 0 Å². The zero-order valence-electron chi connectivity index (χ0n) is 20.3. The first-order chi connectivity index (χ1) is 15.7. The van der Waals surface area contributed by atoms with Crippen LogP contribution in [0.5, 0.6) is 0 Å². The number of allylic oxidation sites excluding steroid dienone is 1. The van der Waals surface area contributed by atoms with E-state index in [1.807, 2.05) is 6.08 Å². The standard InChI is InChI=1S/C25H46F3NO3S/c1-2-3-4-5-6-7-8-9-10-11-12-13-14-15-16-17-18-19-20-21-22-23-24(30)29-33(31,32)25(26,27)28/h2H,1,3-23H2,(H,29,30)/p-1. The van der Waals surface area contributed by atoms with Gasteiger partial charge in [-0.2, -0.15) is 26.0 Å².